The van der Waals surface area contributed by atoms with Gasteiger partial charge in [-0.3, -0.25) is 15.6 Å². The van der Waals surface area contributed by atoms with Gasteiger partial charge in [-0.1, -0.05) is 32.8 Å². The number of carbonyl (C=O) groups is 1. The van der Waals surface area contributed by atoms with Gasteiger partial charge < -0.3 is 14.8 Å². The van der Waals surface area contributed by atoms with Crippen LogP contribution in [0, 0.1) is 11.8 Å². The largest absolute Gasteiger partial charge is 0.493 e. The number of thiocarbonyl (C=S) groups is 1. The highest BCUT2D eigenvalue weighted by Gasteiger charge is 2.27. The Morgan fingerprint density at radius 2 is 1.88 bits per heavy atom. The van der Waals surface area contributed by atoms with Gasteiger partial charge in [-0.25, -0.2) is 0 Å². The van der Waals surface area contributed by atoms with Crippen LogP contribution in [0.1, 0.15) is 38.7 Å². The average molecular weight is 380 g/mol. The van der Waals surface area contributed by atoms with E-state index in [9.17, 15) is 4.79 Å². The van der Waals surface area contributed by atoms with Gasteiger partial charge in [0.05, 0.1) is 20.6 Å². The smallest absolute Gasteiger partial charge is 0.242 e. The van der Waals surface area contributed by atoms with E-state index in [-0.39, 0.29) is 12.3 Å². The Morgan fingerprint density at radius 1 is 1.15 bits per heavy atom. The van der Waals surface area contributed by atoms with E-state index in [1.165, 1.54) is 12.8 Å². The number of methoxy groups -OCH3 is 2. The molecule has 1 aliphatic carbocycles. The van der Waals surface area contributed by atoms with E-state index in [1.54, 1.807) is 26.4 Å². The lowest BCUT2D eigenvalue weighted by Crippen LogP contribution is -2.52. The number of benzene rings is 1. The fourth-order valence-corrected chi connectivity index (χ4v) is 3.54. The Kier molecular flexibility index (Phi) is 7.50. The molecule has 1 amide bonds. The van der Waals surface area contributed by atoms with Crippen molar-refractivity contribution in [3.05, 3.63) is 23.8 Å². The van der Waals surface area contributed by atoms with Crippen LogP contribution in [0.3, 0.4) is 0 Å². The Hall–Kier alpha value is -2.02. The number of hydrogen-bond donors (Lipinski definition) is 3. The summed E-state index contributed by atoms with van der Waals surface area (Å²) in [4.78, 5) is 12.1. The van der Waals surface area contributed by atoms with Crippen molar-refractivity contribution in [1.82, 2.24) is 16.2 Å². The topological polar surface area (TPSA) is 71.6 Å². The zero-order valence-corrected chi connectivity index (χ0v) is 16.7. The minimum Gasteiger partial charge on any atom is -0.493 e. The molecule has 0 aromatic heterocycles. The van der Waals surface area contributed by atoms with E-state index in [0.717, 1.165) is 12.0 Å². The van der Waals surface area contributed by atoms with Crippen LogP contribution in [-0.2, 0) is 11.2 Å². The van der Waals surface area contributed by atoms with Gasteiger partial charge in [0.1, 0.15) is 0 Å². The Bertz CT molecular complexity index is 638. The van der Waals surface area contributed by atoms with E-state index < -0.39 is 0 Å². The molecular weight excluding hydrogens is 350 g/mol. The molecule has 7 heteroatoms. The number of hydrazine groups is 1. The van der Waals surface area contributed by atoms with Crippen LogP contribution in [-0.4, -0.2) is 31.3 Å². The fourth-order valence-electron chi connectivity index (χ4n) is 3.34. The number of carbonyl (C=O) groups excluding carboxylic acids is 1. The molecule has 0 saturated heterocycles. The summed E-state index contributed by atoms with van der Waals surface area (Å²) in [5.74, 6) is 2.31. The molecule has 0 aliphatic heterocycles. The maximum absolute atomic E-state index is 12.1. The average Bonchev–Trinajstić information content (AvgIpc) is 2.63. The molecule has 6 nitrogen and oxygen atoms in total. The van der Waals surface area contributed by atoms with Gasteiger partial charge in [0.25, 0.3) is 0 Å². The van der Waals surface area contributed by atoms with Gasteiger partial charge in [0.15, 0.2) is 16.6 Å². The summed E-state index contributed by atoms with van der Waals surface area (Å²) in [7, 11) is 3.15. The van der Waals surface area contributed by atoms with Crippen LogP contribution in [0.5, 0.6) is 11.5 Å². The second kappa shape index (κ2) is 9.62. The Morgan fingerprint density at radius 3 is 2.58 bits per heavy atom. The quantitative estimate of drug-likeness (QED) is 0.540. The van der Waals surface area contributed by atoms with Crippen molar-refractivity contribution in [2.75, 3.05) is 14.2 Å². The zero-order valence-electron chi connectivity index (χ0n) is 15.9. The van der Waals surface area contributed by atoms with E-state index in [1.807, 2.05) is 6.07 Å². The van der Waals surface area contributed by atoms with Crippen LogP contribution in [0.2, 0.25) is 0 Å². The lowest BCUT2D eigenvalue weighted by atomic mass is 9.78. The van der Waals surface area contributed by atoms with Gasteiger partial charge in [-0.15, -0.1) is 0 Å². The molecule has 26 heavy (non-hydrogen) atoms. The van der Waals surface area contributed by atoms with Crippen LogP contribution < -0.4 is 25.6 Å². The molecule has 1 fully saturated rings. The minimum atomic E-state index is -0.175. The van der Waals surface area contributed by atoms with Gasteiger partial charge >= 0.3 is 0 Å². The molecule has 3 N–H and O–H groups in total. The molecule has 0 bridgehead atoms. The summed E-state index contributed by atoms with van der Waals surface area (Å²) >= 11 is 5.31. The number of hydrogen-bond acceptors (Lipinski definition) is 4. The van der Waals surface area contributed by atoms with Crippen molar-refractivity contribution in [2.24, 2.45) is 11.8 Å². The van der Waals surface area contributed by atoms with Crippen molar-refractivity contribution in [3.63, 3.8) is 0 Å². The first-order valence-electron chi connectivity index (χ1n) is 9.00. The van der Waals surface area contributed by atoms with E-state index in [4.69, 9.17) is 21.7 Å². The van der Waals surface area contributed by atoms with Crippen LogP contribution >= 0.6 is 12.2 Å². The summed E-state index contributed by atoms with van der Waals surface area (Å²) in [6, 6.07) is 5.76. The van der Waals surface area contributed by atoms with Crippen molar-refractivity contribution in [3.8, 4) is 11.5 Å². The predicted molar refractivity (Wildman–Crippen MR) is 106 cm³/mol. The van der Waals surface area contributed by atoms with Gasteiger partial charge in [-0.2, -0.15) is 0 Å². The summed E-state index contributed by atoms with van der Waals surface area (Å²) in [6.45, 7) is 4.53. The maximum atomic E-state index is 12.1. The van der Waals surface area contributed by atoms with Gasteiger partial charge in [-0.05, 0) is 48.2 Å². The fraction of sp³-hybridized carbons (Fsp3) is 0.579. The second-order valence-corrected chi connectivity index (χ2v) is 7.29. The third-order valence-electron chi connectivity index (χ3n) is 5.15. The zero-order chi connectivity index (χ0) is 19.1. The molecule has 2 rings (SSSR count). The molecule has 144 valence electrons. The number of amides is 1. The molecule has 1 aromatic rings. The van der Waals surface area contributed by atoms with Crippen molar-refractivity contribution < 1.29 is 14.3 Å². The van der Waals surface area contributed by atoms with Crippen LogP contribution in [0.15, 0.2) is 18.2 Å². The third-order valence-corrected chi connectivity index (χ3v) is 5.37. The van der Waals surface area contributed by atoms with E-state index in [2.05, 4.69) is 30.0 Å². The van der Waals surface area contributed by atoms with Crippen molar-refractivity contribution in [1.29, 1.82) is 0 Å². The molecule has 1 aromatic carbocycles. The molecule has 0 unspecified atom stereocenters. The van der Waals surface area contributed by atoms with E-state index >= 15 is 0 Å². The first-order chi connectivity index (χ1) is 12.4. The highest BCUT2D eigenvalue weighted by molar-refractivity contribution is 7.80. The monoisotopic (exact) mass is 379 g/mol. The molecule has 0 spiro atoms. The molecular formula is C19H29N3O3S. The van der Waals surface area contributed by atoms with Crippen molar-refractivity contribution in [2.45, 2.75) is 45.6 Å². The van der Waals surface area contributed by atoms with E-state index in [0.29, 0.717) is 34.5 Å². The lowest BCUT2D eigenvalue weighted by Gasteiger charge is -2.35. The summed E-state index contributed by atoms with van der Waals surface area (Å²) in [6.07, 6.45) is 3.79. The van der Waals surface area contributed by atoms with Crippen molar-refractivity contribution >= 4 is 23.2 Å². The first kappa shape index (κ1) is 20.3. The SMILES string of the molecule is COc1ccc(CC(=O)NNC(=S)N[C@@H]2CCC[C@H](C)[C@H]2C)cc1OC. The van der Waals surface area contributed by atoms with Crippen LogP contribution in [0.4, 0.5) is 0 Å². The normalized spacial score (nSPS) is 22.2. The second-order valence-electron chi connectivity index (χ2n) is 6.89. The molecule has 0 heterocycles. The number of rotatable bonds is 5. The predicted octanol–water partition coefficient (Wildman–Crippen LogP) is 2.57. The summed E-state index contributed by atoms with van der Waals surface area (Å²) < 4.78 is 10.5. The first-order valence-corrected chi connectivity index (χ1v) is 9.41. The Labute approximate surface area is 161 Å². The number of nitrogens with one attached hydrogen (secondary N) is 3. The van der Waals surface area contributed by atoms with Crippen LogP contribution in [0.25, 0.3) is 0 Å². The third kappa shape index (κ3) is 5.49. The standard InChI is InChI=1S/C19H29N3O3S/c1-12-6-5-7-15(13(12)2)20-19(26)22-21-18(23)11-14-8-9-16(24-3)17(10-14)25-4/h8-10,12-13,15H,5-7,11H2,1-4H3,(H,21,23)(H2,20,22,26)/t12-,13+,15+/m0/s1. The molecule has 1 aliphatic rings. The Balaban J connectivity index is 1.80. The maximum Gasteiger partial charge on any atom is 0.242 e. The summed E-state index contributed by atoms with van der Waals surface area (Å²) in [5.41, 5.74) is 6.28. The minimum absolute atomic E-state index is 0.175. The molecule has 1 saturated carbocycles. The molecule has 0 radical (unpaired) electrons. The van der Waals surface area contributed by atoms with Gasteiger partial charge in [0, 0.05) is 6.04 Å². The number of ether oxygens (including phenoxy) is 2. The summed E-state index contributed by atoms with van der Waals surface area (Å²) in [5, 5.41) is 3.78. The van der Waals surface area contributed by atoms with Gasteiger partial charge in [0.2, 0.25) is 5.91 Å². The molecule has 3 atom stereocenters. The lowest BCUT2D eigenvalue weighted by molar-refractivity contribution is -0.121. The highest BCUT2D eigenvalue weighted by Crippen LogP contribution is 2.29. The highest BCUT2D eigenvalue weighted by atomic mass is 32.1.